The highest BCUT2D eigenvalue weighted by molar-refractivity contribution is 8.18. The Morgan fingerprint density at radius 1 is 0.951 bits per heavy atom. The third-order valence-electron chi connectivity index (χ3n) is 5.89. The van der Waals surface area contributed by atoms with E-state index in [1.54, 1.807) is 74.2 Å². The maximum absolute atomic E-state index is 13.3. The summed E-state index contributed by atoms with van der Waals surface area (Å²) >= 11 is 19.5. The molecule has 0 spiro atoms. The van der Waals surface area contributed by atoms with Crippen LogP contribution in [0.3, 0.4) is 0 Å². The number of benzene rings is 3. The molecule has 1 aromatic heterocycles. The van der Waals surface area contributed by atoms with E-state index in [1.807, 2.05) is 24.3 Å². The van der Waals surface area contributed by atoms with E-state index >= 15 is 0 Å². The summed E-state index contributed by atoms with van der Waals surface area (Å²) in [5.41, 5.74) is 2.37. The summed E-state index contributed by atoms with van der Waals surface area (Å²) in [4.78, 5) is 15.3. The van der Waals surface area contributed by atoms with Crippen molar-refractivity contribution in [3.63, 3.8) is 0 Å². The van der Waals surface area contributed by atoms with E-state index in [2.05, 4.69) is 10.2 Å². The maximum Gasteiger partial charge on any atom is 0.267 e. The molecule has 3 aromatic carbocycles. The monoisotopic (exact) mass is 625 g/mol. The second-order valence-corrected chi connectivity index (χ2v) is 11.0. The molecular formula is C30H22Cl3N3O4S. The fourth-order valence-corrected chi connectivity index (χ4v) is 5.34. The zero-order chi connectivity index (χ0) is 28.8. The summed E-state index contributed by atoms with van der Waals surface area (Å²) in [5, 5.41) is 10.7. The number of hydrogen-bond acceptors (Lipinski definition) is 7. The molecule has 1 aliphatic rings. The minimum Gasteiger partial charge on any atom is -0.493 e. The molecule has 0 radical (unpaired) electrons. The molecule has 0 aliphatic carbocycles. The van der Waals surface area contributed by atoms with Gasteiger partial charge in [-0.1, -0.05) is 53.0 Å². The molecule has 7 nitrogen and oxygen atoms in total. The van der Waals surface area contributed by atoms with Crippen LogP contribution in [-0.4, -0.2) is 29.3 Å². The highest BCUT2D eigenvalue weighted by Gasteiger charge is 2.34. The third kappa shape index (κ3) is 7.34. The average molecular weight is 627 g/mol. The first-order chi connectivity index (χ1) is 19.9. The number of carbonyl (C=O) groups is 1. The number of rotatable bonds is 9. The van der Waals surface area contributed by atoms with E-state index < -0.39 is 0 Å². The molecule has 1 saturated heterocycles. The van der Waals surface area contributed by atoms with Gasteiger partial charge in [0.25, 0.3) is 5.91 Å². The standard InChI is InChI=1S/C30H22Cl3N3O4S/c1-38-27-13-20(6-11-26(27)40-18-21-7-10-23(32)15-25(21)33)16-34-35-30-36(17-24-3-2-12-39-24)29(37)28(41-30)14-19-4-8-22(31)9-5-19/h2-16H,17-18H2,1H3/b28-14-,34-16-,35-30+. The Hall–Kier alpha value is -3.69. The second kappa shape index (κ2) is 13.3. The van der Waals surface area contributed by atoms with Gasteiger partial charge in [-0.2, -0.15) is 5.10 Å². The number of hydrogen-bond donors (Lipinski definition) is 0. The van der Waals surface area contributed by atoms with Gasteiger partial charge in [0.1, 0.15) is 12.4 Å². The first-order valence-corrected chi connectivity index (χ1v) is 14.2. The maximum atomic E-state index is 13.3. The lowest BCUT2D eigenvalue weighted by molar-refractivity contribution is -0.122. The van der Waals surface area contributed by atoms with Crippen molar-refractivity contribution in [3.8, 4) is 11.5 Å². The van der Waals surface area contributed by atoms with Crippen LogP contribution in [0, 0.1) is 0 Å². The Kier molecular flexibility index (Phi) is 9.36. The first-order valence-electron chi connectivity index (χ1n) is 12.2. The van der Waals surface area contributed by atoms with E-state index in [0.717, 1.165) is 16.7 Å². The lowest BCUT2D eigenvalue weighted by Gasteiger charge is -2.13. The van der Waals surface area contributed by atoms with Crippen LogP contribution in [0.2, 0.25) is 15.1 Å². The van der Waals surface area contributed by atoms with Gasteiger partial charge in [0.2, 0.25) is 0 Å². The number of furan rings is 1. The quantitative estimate of drug-likeness (QED) is 0.106. The molecule has 41 heavy (non-hydrogen) atoms. The van der Waals surface area contributed by atoms with E-state index in [1.165, 1.54) is 16.7 Å². The summed E-state index contributed by atoms with van der Waals surface area (Å²) < 4.78 is 16.9. The molecular weight excluding hydrogens is 605 g/mol. The summed E-state index contributed by atoms with van der Waals surface area (Å²) in [5.74, 6) is 1.49. The Balaban J connectivity index is 1.33. The number of thioether (sulfide) groups is 1. The van der Waals surface area contributed by atoms with Crippen molar-refractivity contribution < 1.29 is 18.7 Å². The van der Waals surface area contributed by atoms with Crippen LogP contribution in [0.1, 0.15) is 22.5 Å². The number of ether oxygens (including phenoxy) is 2. The molecule has 0 atom stereocenters. The van der Waals surface area contributed by atoms with Gasteiger partial charge in [-0.3, -0.25) is 9.69 Å². The number of carbonyl (C=O) groups excluding carboxylic acids is 1. The van der Waals surface area contributed by atoms with Crippen molar-refractivity contribution in [1.29, 1.82) is 0 Å². The summed E-state index contributed by atoms with van der Waals surface area (Å²) in [6.07, 6.45) is 4.94. The Bertz CT molecular complexity index is 1640. The van der Waals surface area contributed by atoms with Crippen molar-refractivity contribution in [2.75, 3.05) is 7.11 Å². The lowest BCUT2D eigenvalue weighted by atomic mass is 10.2. The number of amidine groups is 1. The Morgan fingerprint density at radius 3 is 2.46 bits per heavy atom. The normalized spacial score (nSPS) is 15.4. The highest BCUT2D eigenvalue weighted by Crippen LogP contribution is 2.34. The van der Waals surface area contributed by atoms with Crippen molar-refractivity contribution in [2.24, 2.45) is 10.2 Å². The fourth-order valence-electron chi connectivity index (χ4n) is 3.81. The molecule has 0 bridgehead atoms. The zero-order valence-electron chi connectivity index (χ0n) is 21.6. The predicted octanol–water partition coefficient (Wildman–Crippen LogP) is 8.33. The molecule has 0 N–H and O–H groups in total. The second-order valence-electron chi connectivity index (χ2n) is 8.69. The van der Waals surface area contributed by atoms with Gasteiger partial charge in [-0.15, -0.1) is 5.10 Å². The van der Waals surface area contributed by atoms with Crippen LogP contribution < -0.4 is 9.47 Å². The lowest BCUT2D eigenvalue weighted by Crippen LogP contribution is -2.28. The van der Waals surface area contributed by atoms with Crippen molar-refractivity contribution in [3.05, 3.63) is 121 Å². The SMILES string of the molecule is COc1cc(/C=N\N=C2\S/C(=C\c3ccc(Cl)cc3)C(=O)N2Cc2ccco2)ccc1OCc1ccc(Cl)cc1Cl. The van der Waals surface area contributed by atoms with Crippen LogP contribution in [0.5, 0.6) is 11.5 Å². The predicted molar refractivity (Wildman–Crippen MR) is 165 cm³/mol. The number of halogens is 3. The van der Waals surface area contributed by atoms with Gasteiger partial charge in [-0.25, -0.2) is 0 Å². The molecule has 1 aliphatic heterocycles. The van der Waals surface area contributed by atoms with Gasteiger partial charge >= 0.3 is 0 Å². The van der Waals surface area contributed by atoms with Gasteiger partial charge < -0.3 is 13.9 Å². The van der Waals surface area contributed by atoms with Crippen LogP contribution >= 0.6 is 46.6 Å². The van der Waals surface area contributed by atoms with E-state index in [-0.39, 0.29) is 19.1 Å². The van der Waals surface area contributed by atoms with Crippen molar-refractivity contribution >= 4 is 69.9 Å². The van der Waals surface area contributed by atoms with Crippen molar-refractivity contribution in [1.82, 2.24) is 4.90 Å². The number of amides is 1. The van der Waals surface area contributed by atoms with Gasteiger partial charge in [0, 0.05) is 20.6 Å². The molecule has 2 heterocycles. The first kappa shape index (κ1) is 28.8. The van der Waals surface area contributed by atoms with Gasteiger partial charge in [-0.05, 0) is 83.6 Å². The molecule has 1 fully saturated rings. The van der Waals surface area contributed by atoms with E-state index in [9.17, 15) is 4.79 Å². The largest absolute Gasteiger partial charge is 0.493 e. The van der Waals surface area contributed by atoms with Gasteiger partial charge in [0.15, 0.2) is 16.7 Å². The zero-order valence-corrected chi connectivity index (χ0v) is 24.7. The Morgan fingerprint density at radius 2 is 1.73 bits per heavy atom. The van der Waals surface area contributed by atoms with E-state index in [0.29, 0.717) is 42.4 Å². The third-order valence-corrected chi connectivity index (χ3v) is 7.72. The van der Waals surface area contributed by atoms with Crippen LogP contribution in [-0.2, 0) is 17.9 Å². The molecule has 11 heteroatoms. The number of methoxy groups -OCH3 is 1. The van der Waals surface area contributed by atoms with E-state index in [4.69, 9.17) is 48.7 Å². The molecule has 4 aromatic rings. The minimum absolute atomic E-state index is 0.195. The number of nitrogens with zero attached hydrogens (tertiary/aromatic N) is 3. The molecule has 208 valence electrons. The molecule has 5 rings (SSSR count). The molecule has 0 saturated carbocycles. The van der Waals surface area contributed by atoms with Crippen LogP contribution in [0.25, 0.3) is 6.08 Å². The minimum atomic E-state index is -0.195. The average Bonchev–Trinajstić information content (AvgIpc) is 3.58. The summed E-state index contributed by atoms with van der Waals surface area (Å²) in [7, 11) is 1.56. The Labute approximate surface area is 256 Å². The molecule has 1 amide bonds. The van der Waals surface area contributed by atoms with Gasteiger partial charge in [0.05, 0.1) is 31.0 Å². The topological polar surface area (TPSA) is 76.6 Å². The highest BCUT2D eigenvalue weighted by atomic mass is 35.5. The van der Waals surface area contributed by atoms with Crippen LogP contribution in [0.4, 0.5) is 0 Å². The fraction of sp³-hybridized carbons (Fsp3) is 0.100. The smallest absolute Gasteiger partial charge is 0.267 e. The summed E-state index contributed by atoms with van der Waals surface area (Å²) in [6, 6.07) is 21.4. The summed E-state index contributed by atoms with van der Waals surface area (Å²) in [6.45, 7) is 0.471. The van der Waals surface area contributed by atoms with Crippen molar-refractivity contribution in [2.45, 2.75) is 13.2 Å². The van der Waals surface area contributed by atoms with Crippen LogP contribution in [0.15, 0.2) is 98.6 Å². The molecule has 0 unspecified atom stereocenters.